The van der Waals surface area contributed by atoms with Crippen LogP contribution < -0.4 is 0 Å². The third-order valence-corrected chi connectivity index (χ3v) is 27.2. The SMILES string of the molecule is Cn1c(-c2[c-]c(-n3c4[c-]c(-c5nc6cc7c(cc6n5C)Cc5ccccc5-7)ccc4c4cc5c(cc43)Cc3ccccc3-5)ccc2)nc2ccccc21.Cn1c(-c2[c-]c3c(cc2)c2c(-c4ccccc4)cccc2n3-c2[c-]c(-c3ccccn3)ccc2)nc2ccccc21.Cn1c(-c2[c-]c3c(cc2)c2ccc(-c4ccccc4)cc2n3-c2[c-]c(-c3ccccn3)ccc2)nc2ccccc21.[Pt+2].[Pt+2].[Pt+2]. The molecule has 0 aliphatic heterocycles. The molecule has 2 aliphatic rings. The molecule has 0 fully saturated rings. The van der Waals surface area contributed by atoms with Gasteiger partial charge in [-0.05, 0) is 220 Å². The summed E-state index contributed by atoms with van der Waals surface area (Å²) in [6, 6.07) is 152. The maximum Gasteiger partial charge on any atom is 2.00 e. The molecule has 16 heteroatoms. The number of hydrogen-bond acceptors (Lipinski definition) is 6. The minimum Gasteiger partial charge on any atom is -0.367 e. The molecule has 9 heterocycles. The van der Waals surface area contributed by atoms with Crippen molar-refractivity contribution >= 4 is 110 Å². The fourth-order valence-electron chi connectivity index (χ4n) is 20.8. The number of rotatable bonds is 11. The molecule has 138 heavy (non-hydrogen) atoms. The average molecular weight is 2310 g/mol. The Labute approximate surface area is 839 Å². The summed E-state index contributed by atoms with van der Waals surface area (Å²) in [5.41, 5.74) is 40.5. The van der Waals surface area contributed by atoms with E-state index in [-0.39, 0.29) is 63.2 Å². The van der Waals surface area contributed by atoms with Gasteiger partial charge in [-0.15, -0.1) is 161 Å². The van der Waals surface area contributed by atoms with E-state index in [0.717, 1.165) is 191 Å². The van der Waals surface area contributed by atoms with Gasteiger partial charge in [0.1, 0.15) is 0 Å². The van der Waals surface area contributed by atoms with Crippen molar-refractivity contribution in [2.24, 2.45) is 28.2 Å². The second kappa shape index (κ2) is 35.3. The third-order valence-electron chi connectivity index (χ3n) is 27.2. The predicted molar refractivity (Wildman–Crippen MR) is 548 cm³/mol. The van der Waals surface area contributed by atoms with Crippen LogP contribution >= 0.6 is 0 Å². The first-order valence-corrected chi connectivity index (χ1v) is 45.5. The summed E-state index contributed by atoms with van der Waals surface area (Å²) >= 11 is 0. The van der Waals surface area contributed by atoms with Crippen molar-refractivity contribution in [2.45, 2.75) is 12.8 Å². The summed E-state index contributed by atoms with van der Waals surface area (Å²) in [4.78, 5) is 29.4. The van der Waals surface area contributed by atoms with E-state index in [1.807, 2.05) is 79.1 Å². The Balaban J connectivity index is 0.000000116. The molecular weight excluding hydrogens is 2230 g/mol. The van der Waals surface area contributed by atoms with E-state index in [1.165, 1.54) is 82.9 Å². The topological polar surface area (TPSA) is 112 Å². The Morgan fingerprint density at radius 2 is 0.601 bits per heavy atom. The van der Waals surface area contributed by atoms with Crippen LogP contribution in [0.2, 0.25) is 0 Å². The van der Waals surface area contributed by atoms with Gasteiger partial charge in [0.25, 0.3) is 0 Å². The number of aryl methyl sites for hydroxylation is 4. The van der Waals surface area contributed by atoms with Gasteiger partial charge in [0.2, 0.25) is 0 Å². The van der Waals surface area contributed by atoms with Crippen molar-refractivity contribution in [1.82, 2.24) is 61.9 Å². The second-order valence-corrected chi connectivity index (χ2v) is 35.0. The molecule has 28 rings (SSSR count). The van der Waals surface area contributed by atoms with Crippen LogP contribution in [0, 0.1) is 36.4 Å². The Morgan fingerprint density at radius 1 is 0.225 bits per heavy atom. The minimum absolute atomic E-state index is 0. The molecule has 0 saturated carbocycles. The minimum atomic E-state index is 0. The van der Waals surface area contributed by atoms with E-state index >= 15 is 0 Å². The maximum absolute atomic E-state index is 5.26. The summed E-state index contributed by atoms with van der Waals surface area (Å²) in [5.74, 6) is 3.58. The second-order valence-electron chi connectivity index (χ2n) is 35.0. The van der Waals surface area contributed by atoms with Gasteiger partial charge in [-0.2, -0.15) is 0 Å². The number of para-hydroxylation sites is 6. The van der Waals surface area contributed by atoms with Crippen LogP contribution in [0.5, 0.6) is 0 Å². The first kappa shape index (κ1) is 86.5. The molecule has 17 aromatic carbocycles. The number of imidazole rings is 4. The predicted octanol–water partition coefficient (Wildman–Crippen LogP) is 28.0. The van der Waals surface area contributed by atoms with Gasteiger partial charge in [-0.25, -0.2) is 0 Å². The van der Waals surface area contributed by atoms with Crippen molar-refractivity contribution < 1.29 is 63.2 Å². The summed E-state index contributed by atoms with van der Waals surface area (Å²) < 4.78 is 15.6. The molecule has 0 radical (unpaired) electrons. The van der Waals surface area contributed by atoms with Crippen molar-refractivity contribution in [3.05, 3.63) is 441 Å². The number of fused-ring (bicyclic) bond motifs is 19. The van der Waals surface area contributed by atoms with Gasteiger partial charge in [0, 0.05) is 57.1 Å². The Bertz CT molecular complexity index is 9240. The molecule has 0 atom stereocenters. The van der Waals surface area contributed by atoms with Crippen molar-refractivity contribution in [1.29, 1.82) is 0 Å². The quantitative estimate of drug-likeness (QED) is 0.119. The van der Waals surface area contributed by atoms with Crippen LogP contribution in [0.1, 0.15) is 22.3 Å². The zero-order valence-electron chi connectivity index (χ0n) is 75.0. The Hall–Kier alpha value is -15.6. The van der Waals surface area contributed by atoms with E-state index in [1.54, 1.807) is 0 Å². The van der Waals surface area contributed by atoms with E-state index in [0.29, 0.717) is 0 Å². The van der Waals surface area contributed by atoms with Gasteiger partial charge in [0.15, 0.2) is 0 Å². The van der Waals surface area contributed by atoms with E-state index in [4.69, 9.17) is 19.9 Å². The van der Waals surface area contributed by atoms with Crippen LogP contribution in [-0.2, 0) is 104 Å². The normalized spacial score (nSPS) is 11.8. The summed E-state index contributed by atoms with van der Waals surface area (Å²) in [6.07, 6.45) is 5.52. The van der Waals surface area contributed by atoms with Gasteiger partial charge >= 0.3 is 63.2 Å². The number of hydrogen-bond donors (Lipinski definition) is 0. The molecule has 662 valence electrons. The molecule has 0 amide bonds. The van der Waals surface area contributed by atoms with Crippen LogP contribution in [0.25, 0.3) is 239 Å². The summed E-state index contributed by atoms with van der Waals surface area (Å²) in [6.45, 7) is 0. The fraction of sp³-hybridized carbons (Fsp3) is 0.0492. The third kappa shape index (κ3) is 14.6. The average Bonchev–Trinajstić information content (AvgIpc) is 1.59. The van der Waals surface area contributed by atoms with Gasteiger partial charge in [0.05, 0.1) is 67.4 Å². The van der Waals surface area contributed by atoms with Crippen molar-refractivity contribution in [2.75, 3.05) is 0 Å². The summed E-state index contributed by atoms with van der Waals surface area (Å²) in [5, 5.41) is 7.01. The number of nitrogens with zero attached hydrogens (tertiary/aromatic N) is 13. The van der Waals surface area contributed by atoms with E-state index < -0.39 is 0 Å². The van der Waals surface area contributed by atoms with E-state index in [2.05, 4.69) is 410 Å². The zero-order valence-corrected chi connectivity index (χ0v) is 81.9. The maximum atomic E-state index is 5.26. The van der Waals surface area contributed by atoms with Crippen LogP contribution in [-0.4, -0.2) is 61.9 Å². The molecule has 13 nitrogen and oxygen atoms in total. The largest absolute Gasteiger partial charge is 2.00 e. The van der Waals surface area contributed by atoms with Gasteiger partial charge < -0.3 is 41.9 Å². The molecule has 2 aliphatic carbocycles. The van der Waals surface area contributed by atoms with E-state index in [9.17, 15) is 0 Å². The molecule has 0 bridgehead atoms. The van der Waals surface area contributed by atoms with Crippen LogP contribution in [0.4, 0.5) is 0 Å². The number of aromatic nitrogens is 13. The zero-order chi connectivity index (χ0) is 89.6. The molecule has 0 N–H and O–H groups in total. The Morgan fingerprint density at radius 3 is 1.12 bits per heavy atom. The standard InChI is InChI=1S/C48H31N5.2C37H24N4.3Pt/c1-51-43-17-8-7-16-41(43)49-47(51)30-12-9-13-34(22-30)53-44-23-31(18-19-37(44)40-26-38-32(24-45(40)53)20-28-10-3-5-14-35(28)38)48-50-42-27-39-33(25-46(42)52(48)2)21-29-11-4-6-15-36(29)39;1-40-33-18-6-5-17-32(33)39-37(40)27-20-21-30-35(24-27)41(28-14-9-13-26(23-28)31-16-7-8-22-38-31)34-19-10-15-29(36(30)34)25-11-3-2-4-12-25;1-40-34-16-6-5-15-33(34)39-37(40)28-18-20-31-30-19-17-26(25-10-3-2-4-11-25)23-35(30)41(36(31)24-28)29-13-9-12-27(22-29)32-14-7-8-21-38-32;;;/h3-19,24-27H,20-21H2,1-2H3;2-22H,1H3;2-21,23H,1H3;;;/q3*-2;3*+2. The monoisotopic (exact) mass is 2310 g/mol. The van der Waals surface area contributed by atoms with Crippen LogP contribution in [0.3, 0.4) is 0 Å². The number of pyridine rings is 2. The van der Waals surface area contributed by atoms with Crippen molar-refractivity contribution in [3.63, 3.8) is 0 Å². The fourth-order valence-corrected chi connectivity index (χ4v) is 20.8. The molecule has 0 unspecified atom stereocenters. The van der Waals surface area contributed by atoms with Gasteiger partial charge in [-0.3, -0.25) is 19.9 Å². The molecular formula is C122H79N13Pt3. The summed E-state index contributed by atoms with van der Waals surface area (Å²) in [7, 11) is 8.34. The first-order chi connectivity index (χ1) is 66.6. The first-order valence-electron chi connectivity index (χ1n) is 45.5. The molecule has 26 aromatic rings. The smallest absolute Gasteiger partial charge is 0.367 e. The molecule has 9 aromatic heterocycles. The molecule has 0 spiro atoms. The van der Waals surface area contributed by atoms with Crippen LogP contribution in [0.15, 0.2) is 382 Å². The van der Waals surface area contributed by atoms with Gasteiger partial charge in [-0.1, -0.05) is 216 Å². The Kier molecular flexibility index (Phi) is 22.1. The van der Waals surface area contributed by atoms with Crippen molar-refractivity contribution in [3.8, 4) is 130 Å². The number of benzene rings is 17. The molecule has 0 saturated heterocycles.